The topological polar surface area (TPSA) is 55.1 Å². The van der Waals surface area contributed by atoms with Crippen LogP contribution in [-0.2, 0) is 4.79 Å². The monoisotopic (exact) mass is 182 g/mol. The molecule has 0 aliphatic heterocycles. The Morgan fingerprint density at radius 2 is 2.08 bits per heavy atom. The Labute approximate surface area is 79.1 Å². The van der Waals surface area contributed by atoms with Gasteiger partial charge in [0.05, 0.1) is 0 Å². The predicted molar refractivity (Wildman–Crippen MR) is 51.1 cm³/mol. The molecule has 3 heteroatoms. The van der Waals surface area contributed by atoms with Gasteiger partial charge in [0.15, 0.2) is 0 Å². The minimum atomic E-state index is 0.270. The summed E-state index contributed by atoms with van der Waals surface area (Å²) in [6.07, 6.45) is 5.59. The molecular formula is C10H18N2O. The molecule has 0 radical (unpaired) electrons. The molecule has 3 N–H and O–H groups in total. The summed E-state index contributed by atoms with van der Waals surface area (Å²) in [6.45, 7) is 0.850. The third-order valence-electron chi connectivity index (χ3n) is 3.31. The summed E-state index contributed by atoms with van der Waals surface area (Å²) in [6, 6.07) is 0.394. The van der Waals surface area contributed by atoms with Crippen LogP contribution in [0.15, 0.2) is 0 Å². The highest BCUT2D eigenvalue weighted by atomic mass is 16.1. The molecule has 2 fully saturated rings. The summed E-state index contributed by atoms with van der Waals surface area (Å²) >= 11 is 0. The van der Waals surface area contributed by atoms with Crippen LogP contribution < -0.4 is 11.1 Å². The average Bonchev–Trinajstić information content (AvgIpc) is 1.92. The van der Waals surface area contributed by atoms with Crippen LogP contribution >= 0.6 is 0 Å². The summed E-state index contributed by atoms with van der Waals surface area (Å²) in [7, 11) is 0. The number of nitrogens with one attached hydrogen (secondary N) is 1. The Balaban J connectivity index is 1.59. The molecule has 2 saturated carbocycles. The fourth-order valence-electron chi connectivity index (χ4n) is 2.01. The van der Waals surface area contributed by atoms with E-state index >= 15 is 0 Å². The highest BCUT2D eigenvalue weighted by molar-refractivity contribution is 5.79. The first-order chi connectivity index (χ1) is 6.25. The van der Waals surface area contributed by atoms with E-state index in [0.29, 0.717) is 17.9 Å². The Morgan fingerprint density at radius 3 is 2.54 bits per heavy atom. The van der Waals surface area contributed by atoms with E-state index in [1.165, 1.54) is 6.42 Å². The van der Waals surface area contributed by atoms with E-state index in [9.17, 15) is 4.79 Å². The Kier molecular flexibility index (Phi) is 2.54. The van der Waals surface area contributed by atoms with E-state index in [1.54, 1.807) is 0 Å². The van der Waals surface area contributed by atoms with Gasteiger partial charge in [-0.3, -0.25) is 4.79 Å². The molecule has 0 atom stereocenters. The second kappa shape index (κ2) is 3.66. The van der Waals surface area contributed by atoms with Gasteiger partial charge in [0.1, 0.15) is 0 Å². The number of amides is 1. The van der Waals surface area contributed by atoms with Crippen LogP contribution in [0.5, 0.6) is 0 Å². The van der Waals surface area contributed by atoms with Crippen molar-refractivity contribution in [3.05, 3.63) is 0 Å². The lowest BCUT2D eigenvalue weighted by molar-refractivity contribution is -0.127. The van der Waals surface area contributed by atoms with Crippen molar-refractivity contribution in [3.8, 4) is 0 Å². The van der Waals surface area contributed by atoms with E-state index in [0.717, 1.165) is 32.2 Å². The maximum atomic E-state index is 11.4. The van der Waals surface area contributed by atoms with Gasteiger partial charge in [-0.05, 0) is 31.6 Å². The fourth-order valence-corrected chi connectivity index (χ4v) is 2.01. The molecule has 2 rings (SSSR count). The van der Waals surface area contributed by atoms with Gasteiger partial charge < -0.3 is 11.1 Å². The Hall–Kier alpha value is -0.570. The number of carbonyl (C=O) groups excluding carboxylic acids is 1. The van der Waals surface area contributed by atoms with Crippen molar-refractivity contribution < 1.29 is 4.79 Å². The molecule has 74 valence electrons. The molecule has 0 aromatic rings. The van der Waals surface area contributed by atoms with Crippen molar-refractivity contribution in [2.45, 2.75) is 38.1 Å². The van der Waals surface area contributed by atoms with E-state index in [2.05, 4.69) is 5.32 Å². The van der Waals surface area contributed by atoms with Crippen LogP contribution in [0.3, 0.4) is 0 Å². The Morgan fingerprint density at radius 1 is 1.38 bits per heavy atom. The maximum Gasteiger partial charge on any atom is 0.223 e. The molecule has 13 heavy (non-hydrogen) atoms. The van der Waals surface area contributed by atoms with Crippen LogP contribution in [0.25, 0.3) is 0 Å². The molecule has 0 spiro atoms. The molecule has 2 aliphatic rings. The first-order valence-electron chi connectivity index (χ1n) is 5.29. The lowest BCUT2D eigenvalue weighted by atomic mass is 9.80. The lowest BCUT2D eigenvalue weighted by Crippen LogP contribution is -2.44. The zero-order valence-corrected chi connectivity index (χ0v) is 7.96. The minimum absolute atomic E-state index is 0.270. The normalized spacial score (nSPS) is 33.3. The molecule has 3 nitrogen and oxygen atoms in total. The summed E-state index contributed by atoms with van der Waals surface area (Å²) in [4.78, 5) is 11.4. The predicted octanol–water partition coefficient (Wildman–Crippen LogP) is 0.640. The third-order valence-corrected chi connectivity index (χ3v) is 3.31. The van der Waals surface area contributed by atoms with Gasteiger partial charge >= 0.3 is 0 Å². The first-order valence-corrected chi connectivity index (χ1v) is 5.29. The van der Waals surface area contributed by atoms with Crippen molar-refractivity contribution in [2.75, 3.05) is 6.54 Å². The second-order valence-corrected chi connectivity index (χ2v) is 4.47. The van der Waals surface area contributed by atoms with Crippen LogP contribution in [0.4, 0.5) is 0 Å². The van der Waals surface area contributed by atoms with Crippen LogP contribution in [0.1, 0.15) is 32.1 Å². The van der Waals surface area contributed by atoms with Crippen LogP contribution in [0.2, 0.25) is 0 Å². The molecule has 1 amide bonds. The van der Waals surface area contributed by atoms with Crippen molar-refractivity contribution in [3.63, 3.8) is 0 Å². The van der Waals surface area contributed by atoms with Gasteiger partial charge in [-0.25, -0.2) is 0 Å². The number of rotatable bonds is 3. The van der Waals surface area contributed by atoms with Crippen molar-refractivity contribution in [2.24, 2.45) is 17.6 Å². The summed E-state index contributed by atoms with van der Waals surface area (Å²) in [5.74, 6) is 1.25. The van der Waals surface area contributed by atoms with Gasteiger partial charge in [-0.2, -0.15) is 0 Å². The van der Waals surface area contributed by atoms with Gasteiger partial charge in [0.25, 0.3) is 0 Å². The quantitative estimate of drug-likeness (QED) is 0.673. The highest BCUT2D eigenvalue weighted by Gasteiger charge is 2.28. The average molecular weight is 182 g/mol. The molecule has 0 aromatic carbocycles. The number of nitrogens with two attached hydrogens (primary N) is 1. The van der Waals surface area contributed by atoms with Crippen LogP contribution in [-0.4, -0.2) is 18.5 Å². The largest absolute Gasteiger partial charge is 0.356 e. The summed E-state index contributed by atoms with van der Waals surface area (Å²) in [5, 5.41) is 3.01. The van der Waals surface area contributed by atoms with E-state index in [1.807, 2.05) is 0 Å². The SMILES string of the molecule is NC1CC(CNC(=O)C2CCC2)C1. The third kappa shape index (κ3) is 2.02. The first kappa shape index (κ1) is 9.00. The zero-order chi connectivity index (χ0) is 9.26. The molecule has 0 aromatic heterocycles. The van der Waals surface area contributed by atoms with E-state index in [-0.39, 0.29) is 5.91 Å². The highest BCUT2D eigenvalue weighted by Crippen LogP contribution is 2.27. The molecule has 0 saturated heterocycles. The molecule has 0 heterocycles. The maximum absolute atomic E-state index is 11.4. The number of carbonyl (C=O) groups is 1. The van der Waals surface area contributed by atoms with E-state index in [4.69, 9.17) is 5.73 Å². The van der Waals surface area contributed by atoms with Gasteiger partial charge in [0, 0.05) is 18.5 Å². The molecular weight excluding hydrogens is 164 g/mol. The number of hydrogen-bond acceptors (Lipinski definition) is 2. The summed E-state index contributed by atoms with van der Waals surface area (Å²) < 4.78 is 0. The fraction of sp³-hybridized carbons (Fsp3) is 0.900. The molecule has 0 unspecified atom stereocenters. The lowest BCUT2D eigenvalue weighted by Gasteiger charge is -2.33. The van der Waals surface area contributed by atoms with E-state index < -0.39 is 0 Å². The van der Waals surface area contributed by atoms with Crippen molar-refractivity contribution >= 4 is 5.91 Å². The Bertz CT molecular complexity index is 195. The molecule has 2 aliphatic carbocycles. The van der Waals surface area contributed by atoms with Gasteiger partial charge in [-0.1, -0.05) is 6.42 Å². The van der Waals surface area contributed by atoms with Crippen molar-refractivity contribution in [1.29, 1.82) is 0 Å². The number of hydrogen-bond donors (Lipinski definition) is 2. The zero-order valence-electron chi connectivity index (χ0n) is 7.96. The van der Waals surface area contributed by atoms with Gasteiger partial charge in [-0.15, -0.1) is 0 Å². The van der Waals surface area contributed by atoms with Gasteiger partial charge in [0.2, 0.25) is 5.91 Å². The van der Waals surface area contributed by atoms with Crippen LogP contribution in [0, 0.1) is 11.8 Å². The second-order valence-electron chi connectivity index (χ2n) is 4.47. The summed E-state index contributed by atoms with van der Waals surface area (Å²) in [5.41, 5.74) is 5.66. The minimum Gasteiger partial charge on any atom is -0.356 e. The standard InChI is InChI=1S/C10H18N2O/c11-9-4-7(5-9)6-12-10(13)8-2-1-3-8/h7-9H,1-6,11H2,(H,12,13). The molecule has 0 bridgehead atoms. The smallest absolute Gasteiger partial charge is 0.223 e. The van der Waals surface area contributed by atoms with Crippen molar-refractivity contribution in [1.82, 2.24) is 5.32 Å².